The molecule has 15 aromatic rings. The van der Waals surface area contributed by atoms with Crippen LogP contribution in [0.25, 0.3) is 84.3 Å². The van der Waals surface area contributed by atoms with Crippen molar-refractivity contribution in [2.24, 2.45) is 0 Å². The number of para-hydroxylation sites is 9. The van der Waals surface area contributed by atoms with E-state index in [0.29, 0.717) is 0 Å². The molecule has 0 bridgehead atoms. The van der Waals surface area contributed by atoms with Crippen molar-refractivity contribution < 1.29 is 0 Å². The molecule has 0 spiro atoms. The van der Waals surface area contributed by atoms with Gasteiger partial charge in [-0.15, -0.1) is 0 Å². The van der Waals surface area contributed by atoms with Crippen LogP contribution < -0.4 is 4.90 Å². The Morgan fingerprint density at radius 2 is 0.489 bits per heavy atom. The van der Waals surface area contributed by atoms with Crippen LogP contribution in [-0.2, 0) is 0 Å². The molecule has 0 amide bonds. The Balaban J connectivity index is 0.732. The lowest BCUT2D eigenvalue weighted by Gasteiger charge is -2.25. The summed E-state index contributed by atoms with van der Waals surface area (Å²) in [6, 6.07) is 106. The van der Waals surface area contributed by atoms with Gasteiger partial charge in [0.05, 0.1) is 33.1 Å². The van der Waals surface area contributed by atoms with E-state index in [1.807, 2.05) is 54.6 Å². The number of aromatic nitrogens is 6. The van der Waals surface area contributed by atoms with Crippen molar-refractivity contribution in [1.82, 2.24) is 28.7 Å². The van der Waals surface area contributed by atoms with Crippen LogP contribution in [0, 0.1) is 35.5 Å². The normalized spacial score (nSPS) is 10.9. The van der Waals surface area contributed by atoms with Crippen molar-refractivity contribution in [3.8, 4) is 86.7 Å². The topological polar surface area (TPSA) is 56.7 Å². The van der Waals surface area contributed by atoms with Gasteiger partial charge in [-0.25, -0.2) is 15.0 Å². The highest BCUT2D eigenvalue weighted by Crippen LogP contribution is 2.37. The molecule has 15 rings (SSSR count). The second-order valence-electron chi connectivity index (χ2n) is 21.3. The molecule has 0 aliphatic carbocycles. The van der Waals surface area contributed by atoms with Crippen molar-refractivity contribution >= 4 is 50.2 Å². The molecule has 0 saturated carbocycles. The number of anilines is 3. The highest BCUT2D eigenvalue weighted by atomic mass is 15.1. The molecule has 0 radical (unpaired) electrons. The lowest BCUT2D eigenvalue weighted by molar-refractivity contribution is 1.10. The number of fused-ring (bicyclic) bond motifs is 3. The Morgan fingerprint density at radius 1 is 0.227 bits per heavy atom. The predicted molar refractivity (Wildman–Crippen MR) is 359 cm³/mol. The van der Waals surface area contributed by atoms with Crippen molar-refractivity contribution in [3.05, 3.63) is 343 Å². The van der Waals surface area contributed by atoms with Crippen LogP contribution in [0.4, 0.5) is 17.1 Å². The average molecular weight is 1120 g/mol. The van der Waals surface area contributed by atoms with Crippen LogP contribution in [0.1, 0.15) is 33.4 Å². The van der Waals surface area contributed by atoms with Gasteiger partial charge in [-0.05, 0) is 182 Å². The van der Waals surface area contributed by atoms with E-state index in [2.05, 4.69) is 309 Å². The van der Waals surface area contributed by atoms with Gasteiger partial charge in [0.1, 0.15) is 17.5 Å². The molecule has 0 saturated heterocycles. The quantitative estimate of drug-likeness (QED) is 0.135. The molecule has 0 aliphatic heterocycles. The Bertz CT molecular complexity index is 4730. The molecule has 3 aromatic heterocycles. The van der Waals surface area contributed by atoms with Crippen molar-refractivity contribution in [1.29, 1.82) is 0 Å². The van der Waals surface area contributed by atoms with Gasteiger partial charge < -0.3 is 4.90 Å². The molecule has 7 nitrogen and oxygen atoms in total. The minimum atomic E-state index is 0.867. The third kappa shape index (κ3) is 10.5. The summed E-state index contributed by atoms with van der Waals surface area (Å²) < 4.78 is 6.64. The van der Waals surface area contributed by atoms with Gasteiger partial charge in [0.2, 0.25) is 0 Å². The summed E-state index contributed by atoms with van der Waals surface area (Å²) in [5, 5.41) is 0. The van der Waals surface area contributed by atoms with E-state index in [1.165, 1.54) is 0 Å². The number of hydrogen-bond acceptors (Lipinski definition) is 4. The zero-order valence-corrected chi connectivity index (χ0v) is 47.6. The first-order chi connectivity index (χ1) is 43.6. The predicted octanol–water partition coefficient (Wildman–Crippen LogP) is 18.4. The summed E-state index contributed by atoms with van der Waals surface area (Å²) in [6.07, 6.45) is 0. The third-order valence-corrected chi connectivity index (χ3v) is 15.5. The van der Waals surface area contributed by atoms with Crippen LogP contribution in [0.5, 0.6) is 0 Å². The number of benzene rings is 12. The van der Waals surface area contributed by atoms with Crippen molar-refractivity contribution in [2.75, 3.05) is 4.90 Å². The smallest absolute Gasteiger partial charge is 0.145 e. The standard InChI is InChI=1S/C81H51N7/c1-4-25-67(26-5-1)86-76-34-13-10-31-73(76)82-79(86)64-22-16-19-61(55-64)40-37-58-43-49-70(50-44-58)85(71-51-45-59(46-52-71)38-41-62-20-17-23-65(56-62)80-83-74-32-11-14-35-77(74)87(80)68-27-6-2-7-28-68)72-53-47-60(48-54-72)39-42-63-21-18-24-66(57-63)81-84-75-33-12-15-36-78(75)88(81)69-29-8-3-9-30-69/h1-36,43-57H. The molecule has 0 N–H and O–H groups in total. The molecular formula is C81H51N7. The highest BCUT2D eigenvalue weighted by Gasteiger charge is 2.19. The SMILES string of the molecule is C(#Cc1cccc(-c2nc3ccccc3n2-c2ccccc2)c1)c1ccc(N(c2ccc(C#Cc3cccc(-c4nc5ccccc5n4-c4ccccc4)c3)cc2)c2ccc(C#Cc3cccc(-c4nc5ccccc5n4-c4ccccc4)c3)cc2)cc1. The zero-order chi connectivity index (χ0) is 58.6. The van der Waals surface area contributed by atoms with Crippen LogP contribution in [0.15, 0.2) is 309 Å². The third-order valence-electron chi connectivity index (χ3n) is 15.5. The Labute approximate surface area is 510 Å². The van der Waals surface area contributed by atoms with Crippen molar-refractivity contribution in [2.45, 2.75) is 0 Å². The second kappa shape index (κ2) is 23.3. The average Bonchev–Trinajstić information content (AvgIpc) is 2.59. The van der Waals surface area contributed by atoms with E-state index in [0.717, 1.165) is 135 Å². The van der Waals surface area contributed by atoms with Gasteiger partial charge in [0, 0.05) is 84.2 Å². The first kappa shape index (κ1) is 52.3. The van der Waals surface area contributed by atoms with Crippen LogP contribution in [-0.4, -0.2) is 28.7 Å². The summed E-state index contributed by atoms with van der Waals surface area (Å²) in [5.74, 6) is 23.3. The molecule has 0 aliphatic rings. The minimum absolute atomic E-state index is 0.867. The summed E-state index contributed by atoms with van der Waals surface area (Å²) in [6.45, 7) is 0. The Morgan fingerprint density at radius 3 is 0.784 bits per heavy atom. The van der Waals surface area contributed by atoms with Gasteiger partial charge >= 0.3 is 0 Å². The fourth-order valence-electron chi connectivity index (χ4n) is 11.3. The zero-order valence-electron chi connectivity index (χ0n) is 47.6. The molecule has 410 valence electrons. The number of imidazole rings is 3. The Kier molecular flexibility index (Phi) is 13.9. The van der Waals surface area contributed by atoms with E-state index < -0.39 is 0 Å². The number of nitrogens with zero attached hydrogens (tertiary/aromatic N) is 7. The molecule has 0 atom stereocenters. The van der Waals surface area contributed by atoms with E-state index >= 15 is 0 Å². The maximum atomic E-state index is 5.10. The van der Waals surface area contributed by atoms with Gasteiger partial charge in [-0.1, -0.05) is 163 Å². The van der Waals surface area contributed by atoms with Crippen LogP contribution in [0.3, 0.4) is 0 Å². The van der Waals surface area contributed by atoms with Gasteiger partial charge in [0.15, 0.2) is 0 Å². The van der Waals surface area contributed by atoms with Crippen LogP contribution >= 0.6 is 0 Å². The van der Waals surface area contributed by atoms with E-state index in [9.17, 15) is 0 Å². The van der Waals surface area contributed by atoms with E-state index in [4.69, 9.17) is 15.0 Å². The number of hydrogen-bond donors (Lipinski definition) is 0. The molecule has 7 heteroatoms. The summed E-state index contributed by atoms with van der Waals surface area (Å²) in [7, 11) is 0. The van der Waals surface area contributed by atoms with Gasteiger partial charge in [0.25, 0.3) is 0 Å². The lowest BCUT2D eigenvalue weighted by Crippen LogP contribution is -2.10. The molecule has 12 aromatic carbocycles. The molecule has 88 heavy (non-hydrogen) atoms. The fourth-order valence-corrected chi connectivity index (χ4v) is 11.3. The number of rotatable bonds is 9. The maximum Gasteiger partial charge on any atom is 0.145 e. The monoisotopic (exact) mass is 1120 g/mol. The highest BCUT2D eigenvalue weighted by molar-refractivity contribution is 5.86. The van der Waals surface area contributed by atoms with Gasteiger partial charge in [-0.2, -0.15) is 0 Å². The summed E-state index contributed by atoms with van der Waals surface area (Å²) >= 11 is 0. The van der Waals surface area contributed by atoms with E-state index in [-0.39, 0.29) is 0 Å². The Hall–Kier alpha value is -12.5. The molecule has 3 heterocycles. The first-order valence-electron chi connectivity index (χ1n) is 29.2. The van der Waals surface area contributed by atoms with Gasteiger partial charge in [-0.3, -0.25) is 13.7 Å². The van der Waals surface area contributed by atoms with Crippen LogP contribution in [0.2, 0.25) is 0 Å². The lowest BCUT2D eigenvalue weighted by atomic mass is 10.1. The maximum absolute atomic E-state index is 5.10. The minimum Gasteiger partial charge on any atom is -0.311 e. The fraction of sp³-hybridized carbons (Fsp3) is 0. The summed E-state index contributed by atoms with van der Waals surface area (Å²) in [4.78, 5) is 17.5. The first-order valence-corrected chi connectivity index (χ1v) is 29.2. The van der Waals surface area contributed by atoms with Crippen molar-refractivity contribution in [3.63, 3.8) is 0 Å². The molecule has 0 unspecified atom stereocenters. The molecule has 0 fully saturated rings. The summed E-state index contributed by atoms with van der Waals surface area (Å²) in [5.41, 5.74) is 20.4. The largest absolute Gasteiger partial charge is 0.311 e. The second-order valence-corrected chi connectivity index (χ2v) is 21.3. The van der Waals surface area contributed by atoms with E-state index in [1.54, 1.807) is 0 Å². The molecular weight excluding hydrogens is 1070 g/mol.